The second-order valence-electron chi connectivity index (χ2n) is 4.21. The molecule has 1 heterocycles. The summed E-state index contributed by atoms with van der Waals surface area (Å²) in [6.45, 7) is 4.11. The predicted octanol–water partition coefficient (Wildman–Crippen LogP) is 4.29. The van der Waals surface area contributed by atoms with Crippen LogP contribution in [-0.4, -0.2) is 5.11 Å². The summed E-state index contributed by atoms with van der Waals surface area (Å²) >= 11 is 7.41. The zero-order valence-electron chi connectivity index (χ0n) is 9.90. The minimum absolute atomic E-state index is 0.454. The molecule has 2 rings (SSSR count). The molecule has 1 aromatic heterocycles. The summed E-state index contributed by atoms with van der Waals surface area (Å²) in [6, 6.07) is 9.89. The van der Waals surface area contributed by atoms with Gasteiger partial charge in [-0.1, -0.05) is 29.8 Å². The van der Waals surface area contributed by atoms with Gasteiger partial charge in [-0.25, -0.2) is 0 Å². The van der Waals surface area contributed by atoms with E-state index in [-0.39, 0.29) is 0 Å². The summed E-state index contributed by atoms with van der Waals surface area (Å²) in [4.78, 5) is 1.11. The average Bonchev–Trinajstić information content (AvgIpc) is 2.68. The summed E-state index contributed by atoms with van der Waals surface area (Å²) in [6.07, 6.45) is 0.173. The minimum Gasteiger partial charge on any atom is -0.388 e. The molecule has 1 N–H and O–H groups in total. The standard InChI is InChI=1S/C14H15ClOS/c1-9-4-3-5-12(10(9)2)13(16)8-11-6-7-14(15)17-11/h3-7,13,16H,8H2,1-2H3. The van der Waals surface area contributed by atoms with Gasteiger partial charge in [0, 0.05) is 11.3 Å². The summed E-state index contributed by atoms with van der Waals surface area (Å²) in [7, 11) is 0. The molecule has 0 aliphatic heterocycles. The molecular formula is C14H15ClOS. The van der Waals surface area contributed by atoms with Gasteiger partial charge in [-0.05, 0) is 42.7 Å². The van der Waals surface area contributed by atoms with Gasteiger partial charge in [-0.15, -0.1) is 11.3 Å². The molecule has 1 nitrogen and oxygen atoms in total. The highest BCUT2D eigenvalue weighted by molar-refractivity contribution is 7.16. The van der Waals surface area contributed by atoms with Gasteiger partial charge in [-0.2, -0.15) is 0 Å². The number of hydrogen-bond acceptors (Lipinski definition) is 2. The van der Waals surface area contributed by atoms with E-state index in [2.05, 4.69) is 19.9 Å². The predicted molar refractivity (Wildman–Crippen MR) is 73.9 cm³/mol. The van der Waals surface area contributed by atoms with Crippen molar-refractivity contribution in [3.63, 3.8) is 0 Å². The first kappa shape index (κ1) is 12.6. The van der Waals surface area contributed by atoms with Gasteiger partial charge in [0.1, 0.15) is 0 Å². The van der Waals surface area contributed by atoms with Crippen LogP contribution in [0.1, 0.15) is 27.7 Å². The number of aliphatic hydroxyl groups excluding tert-OH is 1. The number of rotatable bonds is 3. The molecule has 1 atom stereocenters. The number of benzene rings is 1. The van der Waals surface area contributed by atoms with Crippen LogP contribution < -0.4 is 0 Å². The Morgan fingerprint density at radius 2 is 2.00 bits per heavy atom. The maximum atomic E-state index is 10.3. The van der Waals surface area contributed by atoms with Crippen LogP contribution in [-0.2, 0) is 6.42 Å². The molecule has 3 heteroatoms. The van der Waals surface area contributed by atoms with Gasteiger partial charge in [0.25, 0.3) is 0 Å². The number of aryl methyl sites for hydroxylation is 1. The third-order valence-electron chi connectivity index (χ3n) is 3.03. The fraction of sp³-hybridized carbons (Fsp3) is 0.286. The molecule has 17 heavy (non-hydrogen) atoms. The molecule has 0 spiro atoms. The molecule has 1 aromatic carbocycles. The van der Waals surface area contributed by atoms with Crippen molar-refractivity contribution < 1.29 is 5.11 Å². The Hall–Kier alpha value is -0.830. The molecular weight excluding hydrogens is 252 g/mol. The highest BCUT2D eigenvalue weighted by Gasteiger charge is 2.13. The SMILES string of the molecule is Cc1cccc(C(O)Cc2ccc(Cl)s2)c1C. The van der Waals surface area contributed by atoms with Crippen molar-refractivity contribution >= 4 is 22.9 Å². The first-order valence-electron chi connectivity index (χ1n) is 5.56. The van der Waals surface area contributed by atoms with E-state index >= 15 is 0 Å². The summed E-state index contributed by atoms with van der Waals surface area (Å²) < 4.78 is 0.771. The van der Waals surface area contributed by atoms with Gasteiger partial charge in [0.05, 0.1) is 10.4 Å². The summed E-state index contributed by atoms with van der Waals surface area (Å²) in [5.41, 5.74) is 3.39. The molecule has 90 valence electrons. The van der Waals surface area contributed by atoms with Gasteiger partial charge >= 0.3 is 0 Å². The van der Waals surface area contributed by atoms with Crippen molar-refractivity contribution in [1.29, 1.82) is 0 Å². The molecule has 1 unspecified atom stereocenters. The first-order valence-corrected chi connectivity index (χ1v) is 6.76. The molecule has 0 amide bonds. The lowest BCUT2D eigenvalue weighted by Gasteiger charge is -2.14. The molecule has 0 saturated heterocycles. The van der Waals surface area contributed by atoms with E-state index in [0.717, 1.165) is 14.8 Å². The number of aliphatic hydroxyl groups is 1. The highest BCUT2D eigenvalue weighted by atomic mass is 35.5. The van der Waals surface area contributed by atoms with E-state index in [1.165, 1.54) is 22.5 Å². The largest absolute Gasteiger partial charge is 0.388 e. The molecule has 0 fully saturated rings. The lowest BCUT2D eigenvalue weighted by molar-refractivity contribution is 0.178. The van der Waals surface area contributed by atoms with Crippen molar-refractivity contribution in [1.82, 2.24) is 0 Å². The second-order valence-corrected chi connectivity index (χ2v) is 6.01. The third-order valence-corrected chi connectivity index (χ3v) is 4.28. The van der Waals surface area contributed by atoms with E-state index in [0.29, 0.717) is 6.42 Å². The Morgan fingerprint density at radius 1 is 1.24 bits per heavy atom. The Bertz CT molecular complexity index is 519. The zero-order valence-corrected chi connectivity index (χ0v) is 11.5. The van der Waals surface area contributed by atoms with Crippen molar-refractivity contribution in [2.24, 2.45) is 0 Å². The van der Waals surface area contributed by atoms with Crippen LogP contribution in [0.3, 0.4) is 0 Å². The maximum Gasteiger partial charge on any atom is 0.0931 e. The summed E-state index contributed by atoms with van der Waals surface area (Å²) in [5, 5.41) is 10.3. The Labute approximate surface area is 111 Å². The topological polar surface area (TPSA) is 20.2 Å². The molecule has 2 aromatic rings. The van der Waals surface area contributed by atoms with Crippen molar-refractivity contribution in [2.45, 2.75) is 26.4 Å². The fourth-order valence-corrected chi connectivity index (χ4v) is 3.02. The fourth-order valence-electron chi connectivity index (χ4n) is 1.90. The van der Waals surface area contributed by atoms with Crippen LogP contribution in [0.15, 0.2) is 30.3 Å². The Kier molecular flexibility index (Phi) is 3.87. The monoisotopic (exact) mass is 266 g/mol. The van der Waals surface area contributed by atoms with Crippen molar-refractivity contribution in [3.05, 3.63) is 56.2 Å². The molecule has 0 bridgehead atoms. The van der Waals surface area contributed by atoms with Crippen molar-refractivity contribution in [2.75, 3.05) is 0 Å². The van der Waals surface area contributed by atoms with Gasteiger partial charge in [-0.3, -0.25) is 0 Å². The van der Waals surface area contributed by atoms with Gasteiger partial charge in [0.2, 0.25) is 0 Å². The summed E-state index contributed by atoms with van der Waals surface area (Å²) in [5.74, 6) is 0. The van der Waals surface area contributed by atoms with Crippen molar-refractivity contribution in [3.8, 4) is 0 Å². The van der Waals surface area contributed by atoms with E-state index in [9.17, 15) is 5.11 Å². The third kappa shape index (κ3) is 2.89. The van der Waals surface area contributed by atoms with E-state index in [1.807, 2.05) is 24.3 Å². The second kappa shape index (κ2) is 5.21. The van der Waals surface area contributed by atoms with Gasteiger partial charge in [0.15, 0.2) is 0 Å². The minimum atomic E-state index is -0.454. The molecule has 0 aliphatic rings. The lowest BCUT2D eigenvalue weighted by atomic mass is 9.97. The Balaban J connectivity index is 2.20. The van der Waals surface area contributed by atoms with Crippen LogP contribution in [0.4, 0.5) is 0 Å². The van der Waals surface area contributed by atoms with E-state index < -0.39 is 6.10 Å². The van der Waals surface area contributed by atoms with E-state index in [4.69, 9.17) is 11.6 Å². The lowest BCUT2D eigenvalue weighted by Crippen LogP contribution is -2.03. The van der Waals surface area contributed by atoms with Crippen LogP contribution in [0, 0.1) is 13.8 Å². The normalized spacial score (nSPS) is 12.7. The number of halogens is 1. The zero-order chi connectivity index (χ0) is 12.4. The molecule has 0 aliphatic carbocycles. The highest BCUT2D eigenvalue weighted by Crippen LogP contribution is 2.28. The van der Waals surface area contributed by atoms with Crippen LogP contribution in [0.5, 0.6) is 0 Å². The van der Waals surface area contributed by atoms with Crippen LogP contribution >= 0.6 is 22.9 Å². The smallest absolute Gasteiger partial charge is 0.0931 e. The first-order chi connectivity index (χ1) is 8.08. The quantitative estimate of drug-likeness (QED) is 0.878. The Morgan fingerprint density at radius 3 is 2.65 bits per heavy atom. The number of thiophene rings is 1. The molecule has 0 saturated carbocycles. The molecule has 0 radical (unpaired) electrons. The van der Waals surface area contributed by atoms with Gasteiger partial charge < -0.3 is 5.11 Å². The maximum absolute atomic E-state index is 10.3. The average molecular weight is 267 g/mol. The van der Waals surface area contributed by atoms with Crippen LogP contribution in [0.2, 0.25) is 4.34 Å². The van der Waals surface area contributed by atoms with E-state index in [1.54, 1.807) is 0 Å². The number of hydrogen-bond donors (Lipinski definition) is 1. The van der Waals surface area contributed by atoms with Crippen LogP contribution in [0.25, 0.3) is 0 Å².